The molecule has 3 heterocycles. The summed E-state index contributed by atoms with van der Waals surface area (Å²) in [5.41, 5.74) is 9.19. The van der Waals surface area contributed by atoms with Gasteiger partial charge in [0, 0.05) is 34.6 Å². The molecule has 2 aromatic heterocycles. The predicted molar refractivity (Wildman–Crippen MR) is 123 cm³/mol. The van der Waals surface area contributed by atoms with E-state index in [0.29, 0.717) is 39.3 Å². The molecule has 0 amide bonds. The van der Waals surface area contributed by atoms with Crippen molar-refractivity contribution in [1.29, 1.82) is 0 Å². The number of para-hydroxylation sites is 1. The minimum Gasteiger partial charge on any atom is -0.383 e. The highest BCUT2D eigenvalue weighted by molar-refractivity contribution is 6.31. The van der Waals surface area contributed by atoms with Gasteiger partial charge in [0.1, 0.15) is 17.7 Å². The van der Waals surface area contributed by atoms with Gasteiger partial charge >= 0.3 is 0 Å². The van der Waals surface area contributed by atoms with Crippen LogP contribution in [-0.2, 0) is 4.74 Å². The summed E-state index contributed by atoms with van der Waals surface area (Å²) in [6.07, 6.45) is 1.63. The lowest BCUT2D eigenvalue weighted by molar-refractivity contribution is 0.0250. The summed E-state index contributed by atoms with van der Waals surface area (Å²) >= 11 is 6.10. The van der Waals surface area contributed by atoms with Gasteiger partial charge in [-0.25, -0.2) is 9.37 Å². The number of nitrogens with zero attached hydrogens (tertiary/aromatic N) is 3. The Kier molecular flexibility index (Phi) is 5.57. The van der Waals surface area contributed by atoms with E-state index in [0.717, 1.165) is 18.8 Å². The Morgan fingerprint density at radius 1 is 1.12 bits per heavy atom. The fourth-order valence-corrected chi connectivity index (χ4v) is 3.88. The lowest BCUT2D eigenvalue weighted by Gasteiger charge is -2.23. The number of hydrogen-bond acceptors (Lipinski definition) is 7. The summed E-state index contributed by atoms with van der Waals surface area (Å²) < 4.78 is 20.3. The largest absolute Gasteiger partial charge is 0.383 e. The fourth-order valence-electron chi connectivity index (χ4n) is 3.71. The van der Waals surface area contributed by atoms with E-state index in [1.807, 2.05) is 12.1 Å². The van der Waals surface area contributed by atoms with Crippen LogP contribution >= 0.6 is 11.6 Å². The Balaban J connectivity index is 1.49. The Bertz CT molecular complexity index is 1280. The standard InChI is InChI=1S/C23H20ClFN6O/c24-13-4-6-18(25)17(10-13)15-2-1-3-16-21(15)30-23(31-22(16)26)29-14-5-7-19(28-11-14)20-12-27-8-9-32-20/h1-7,10-11,20,27H,8-9,12H2,(H3,26,29,30,31). The van der Waals surface area contributed by atoms with Gasteiger partial charge in [0.25, 0.3) is 0 Å². The lowest BCUT2D eigenvalue weighted by Crippen LogP contribution is -2.33. The maximum Gasteiger partial charge on any atom is 0.229 e. The monoisotopic (exact) mass is 450 g/mol. The Morgan fingerprint density at radius 2 is 2.03 bits per heavy atom. The van der Waals surface area contributed by atoms with E-state index in [-0.39, 0.29) is 17.9 Å². The van der Waals surface area contributed by atoms with E-state index in [2.05, 4.69) is 25.6 Å². The normalized spacial score (nSPS) is 16.2. The molecule has 9 heteroatoms. The van der Waals surface area contributed by atoms with Crippen LogP contribution in [0.15, 0.2) is 54.7 Å². The average molecular weight is 451 g/mol. The molecular formula is C23H20ClFN6O. The van der Waals surface area contributed by atoms with Gasteiger partial charge in [0.05, 0.1) is 29.7 Å². The van der Waals surface area contributed by atoms with Crippen molar-refractivity contribution in [2.45, 2.75) is 6.10 Å². The van der Waals surface area contributed by atoms with Crippen molar-refractivity contribution in [2.75, 3.05) is 30.7 Å². The number of benzene rings is 2. The molecule has 32 heavy (non-hydrogen) atoms. The number of morpholine rings is 1. The van der Waals surface area contributed by atoms with Crippen LogP contribution in [-0.4, -0.2) is 34.6 Å². The molecule has 1 saturated heterocycles. The van der Waals surface area contributed by atoms with Gasteiger partial charge in [0.15, 0.2) is 0 Å². The maximum absolute atomic E-state index is 14.6. The second-order valence-electron chi connectivity index (χ2n) is 7.42. The number of hydrogen-bond donors (Lipinski definition) is 3. The third-order valence-corrected chi connectivity index (χ3v) is 5.51. The lowest BCUT2D eigenvalue weighted by atomic mass is 10.0. The molecule has 162 valence electrons. The summed E-state index contributed by atoms with van der Waals surface area (Å²) in [6.45, 7) is 2.23. The van der Waals surface area contributed by atoms with Crippen molar-refractivity contribution in [1.82, 2.24) is 20.3 Å². The Hall–Kier alpha value is -3.33. The maximum atomic E-state index is 14.6. The first-order valence-corrected chi connectivity index (χ1v) is 10.5. The average Bonchev–Trinajstić information content (AvgIpc) is 2.81. The smallest absolute Gasteiger partial charge is 0.229 e. The number of nitrogens with one attached hydrogen (secondary N) is 2. The highest BCUT2D eigenvalue weighted by atomic mass is 35.5. The van der Waals surface area contributed by atoms with Crippen LogP contribution in [0.25, 0.3) is 22.0 Å². The zero-order valence-electron chi connectivity index (χ0n) is 17.0. The van der Waals surface area contributed by atoms with Gasteiger partial charge in [0.2, 0.25) is 5.95 Å². The second-order valence-corrected chi connectivity index (χ2v) is 7.86. The Morgan fingerprint density at radius 3 is 2.81 bits per heavy atom. The number of rotatable bonds is 4. The molecule has 0 radical (unpaired) electrons. The zero-order valence-corrected chi connectivity index (χ0v) is 17.7. The molecule has 0 bridgehead atoms. The van der Waals surface area contributed by atoms with Gasteiger partial charge < -0.3 is 21.1 Å². The van der Waals surface area contributed by atoms with Gasteiger partial charge in [-0.15, -0.1) is 0 Å². The first-order valence-electron chi connectivity index (χ1n) is 10.2. The molecular weight excluding hydrogens is 431 g/mol. The number of nitrogen functional groups attached to an aromatic ring is 1. The van der Waals surface area contributed by atoms with Crippen LogP contribution in [0.5, 0.6) is 0 Å². The van der Waals surface area contributed by atoms with Crippen molar-refractivity contribution < 1.29 is 9.13 Å². The van der Waals surface area contributed by atoms with Gasteiger partial charge in [-0.05, 0) is 36.4 Å². The first-order chi connectivity index (χ1) is 15.6. The highest BCUT2D eigenvalue weighted by Gasteiger charge is 2.17. The summed E-state index contributed by atoms with van der Waals surface area (Å²) in [6, 6.07) is 13.6. The SMILES string of the molecule is Nc1nc(Nc2ccc(C3CNCCO3)nc2)nc2c(-c3cc(Cl)ccc3F)cccc12. The van der Waals surface area contributed by atoms with E-state index in [9.17, 15) is 4.39 Å². The van der Waals surface area contributed by atoms with E-state index in [1.54, 1.807) is 30.5 Å². The molecule has 4 aromatic rings. The van der Waals surface area contributed by atoms with Crippen LogP contribution in [0, 0.1) is 5.82 Å². The topological polar surface area (TPSA) is 98.0 Å². The summed E-state index contributed by atoms with van der Waals surface area (Å²) in [5.74, 6) is 0.177. The van der Waals surface area contributed by atoms with Crippen molar-refractivity contribution in [2.24, 2.45) is 0 Å². The number of ether oxygens (including phenoxy) is 1. The molecule has 0 saturated carbocycles. The van der Waals surface area contributed by atoms with Crippen LogP contribution in [0.4, 0.5) is 21.8 Å². The van der Waals surface area contributed by atoms with Crippen molar-refractivity contribution in [3.8, 4) is 11.1 Å². The third-order valence-electron chi connectivity index (χ3n) is 5.27. The fraction of sp³-hybridized carbons (Fsp3) is 0.174. The summed E-state index contributed by atoms with van der Waals surface area (Å²) in [5, 5.41) is 7.48. The van der Waals surface area contributed by atoms with E-state index in [1.165, 1.54) is 12.1 Å². The van der Waals surface area contributed by atoms with Crippen LogP contribution in [0.2, 0.25) is 5.02 Å². The van der Waals surface area contributed by atoms with Crippen molar-refractivity contribution in [3.05, 3.63) is 71.3 Å². The summed E-state index contributed by atoms with van der Waals surface area (Å²) in [4.78, 5) is 13.5. The summed E-state index contributed by atoms with van der Waals surface area (Å²) in [7, 11) is 0. The number of anilines is 3. The number of nitrogens with two attached hydrogens (primary N) is 1. The molecule has 0 aliphatic carbocycles. The minimum atomic E-state index is -0.396. The molecule has 1 atom stereocenters. The predicted octanol–water partition coefficient (Wildman–Crippen LogP) is 4.47. The van der Waals surface area contributed by atoms with E-state index < -0.39 is 5.82 Å². The molecule has 1 aliphatic heterocycles. The molecule has 7 nitrogen and oxygen atoms in total. The molecule has 5 rings (SSSR count). The van der Waals surface area contributed by atoms with Crippen molar-refractivity contribution in [3.63, 3.8) is 0 Å². The zero-order chi connectivity index (χ0) is 22.1. The molecule has 1 unspecified atom stereocenters. The van der Waals surface area contributed by atoms with Crippen LogP contribution in [0.3, 0.4) is 0 Å². The molecule has 2 aromatic carbocycles. The highest BCUT2D eigenvalue weighted by Crippen LogP contribution is 2.33. The molecule has 0 spiro atoms. The first kappa shape index (κ1) is 20.6. The molecule has 4 N–H and O–H groups in total. The number of pyridine rings is 1. The van der Waals surface area contributed by atoms with E-state index >= 15 is 0 Å². The van der Waals surface area contributed by atoms with Gasteiger partial charge in [-0.3, -0.25) is 4.98 Å². The van der Waals surface area contributed by atoms with Gasteiger partial charge in [-0.2, -0.15) is 4.98 Å². The number of halogens is 2. The second kappa shape index (κ2) is 8.66. The van der Waals surface area contributed by atoms with E-state index in [4.69, 9.17) is 22.1 Å². The van der Waals surface area contributed by atoms with Gasteiger partial charge in [-0.1, -0.05) is 23.7 Å². The number of aromatic nitrogens is 3. The number of fused-ring (bicyclic) bond motifs is 1. The van der Waals surface area contributed by atoms with Crippen molar-refractivity contribution >= 4 is 40.0 Å². The van der Waals surface area contributed by atoms with Crippen LogP contribution < -0.4 is 16.4 Å². The quantitative estimate of drug-likeness (QED) is 0.422. The molecule has 1 aliphatic rings. The third kappa shape index (κ3) is 4.08. The molecule has 1 fully saturated rings. The van der Waals surface area contributed by atoms with Crippen LogP contribution in [0.1, 0.15) is 11.8 Å². The Labute approximate surface area is 188 Å². The minimum absolute atomic E-state index is 0.0690.